The van der Waals surface area contributed by atoms with Crippen LogP contribution in [0, 0.1) is 0 Å². The summed E-state index contributed by atoms with van der Waals surface area (Å²) < 4.78 is 5.21. The molecule has 0 spiro atoms. The third kappa shape index (κ3) is 4.11. The van der Waals surface area contributed by atoms with Gasteiger partial charge < -0.3 is 4.74 Å². The number of benzene rings is 2. The third-order valence-corrected chi connectivity index (χ3v) is 4.41. The Bertz CT molecular complexity index is 1170. The number of amides is 1. The summed E-state index contributed by atoms with van der Waals surface area (Å²) in [6.45, 7) is 0. The number of carbonyl (C=O) groups is 1. The molecule has 0 atom stereocenters. The van der Waals surface area contributed by atoms with E-state index in [1.165, 1.54) is 0 Å². The van der Waals surface area contributed by atoms with Crippen molar-refractivity contribution in [2.75, 3.05) is 7.11 Å². The predicted octanol–water partition coefficient (Wildman–Crippen LogP) is 4.07. The zero-order valence-corrected chi connectivity index (χ0v) is 15.7. The summed E-state index contributed by atoms with van der Waals surface area (Å²) in [6.07, 6.45) is 4.90. The van der Waals surface area contributed by atoms with Crippen LogP contribution in [0.25, 0.3) is 22.2 Å². The fourth-order valence-corrected chi connectivity index (χ4v) is 2.95. The minimum Gasteiger partial charge on any atom is -0.497 e. The fourth-order valence-electron chi connectivity index (χ4n) is 2.95. The van der Waals surface area contributed by atoms with Crippen LogP contribution in [0.4, 0.5) is 0 Å². The molecule has 6 heteroatoms. The first-order valence-corrected chi connectivity index (χ1v) is 9.02. The molecule has 4 rings (SSSR count). The molecule has 2 aromatic heterocycles. The number of fused-ring (bicyclic) bond motifs is 1. The van der Waals surface area contributed by atoms with Crippen LogP contribution < -0.4 is 10.2 Å². The molecule has 2 aromatic carbocycles. The number of rotatable bonds is 5. The number of para-hydroxylation sites is 1. The Morgan fingerprint density at radius 1 is 1.07 bits per heavy atom. The number of nitrogens with zero attached hydrogens (tertiary/aromatic N) is 3. The van der Waals surface area contributed by atoms with Gasteiger partial charge >= 0.3 is 0 Å². The van der Waals surface area contributed by atoms with Gasteiger partial charge in [0.2, 0.25) is 0 Å². The number of nitrogens with one attached hydrogen (secondary N) is 1. The minimum atomic E-state index is -0.307. The van der Waals surface area contributed by atoms with Gasteiger partial charge in [0.25, 0.3) is 5.91 Å². The molecule has 2 heterocycles. The van der Waals surface area contributed by atoms with E-state index in [1.54, 1.807) is 37.9 Å². The average Bonchev–Trinajstić information content (AvgIpc) is 2.79. The van der Waals surface area contributed by atoms with Gasteiger partial charge in [-0.2, -0.15) is 5.10 Å². The molecule has 0 aliphatic rings. The van der Waals surface area contributed by atoms with Gasteiger partial charge in [0.05, 0.1) is 30.1 Å². The van der Waals surface area contributed by atoms with Crippen LogP contribution in [0.15, 0.2) is 84.2 Å². The van der Waals surface area contributed by atoms with Gasteiger partial charge in [0.15, 0.2) is 0 Å². The van der Waals surface area contributed by atoms with Crippen molar-refractivity contribution in [2.24, 2.45) is 5.10 Å². The van der Waals surface area contributed by atoms with Gasteiger partial charge in [-0.25, -0.2) is 10.4 Å². The fraction of sp³-hybridized carbons (Fsp3) is 0.0435. The topological polar surface area (TPSA) is 76.5 Å². The first-order chi connectivity index (χ1) is 14.2. The summed E-state index contributed by atoms with van der Waals surface area (Å²) in [4.78, 5) is 21.6. The number of pyridine rings is 2. The number of carbonyl (C=O) groups excluding carboxylic acids is 1. The summed E-state index contributed by atoms with van der Waals surface area (Å²) in [5.41, 5.74) is 6.23. The lowest BCUT2D eigenvalue weighted by Gasteiger charge is -2.09. The third-order valence-electron chi connectivity index (χ3n) is 4.41. The summed E-state index contributed by atoms with van der Waals surface area (Å²) >= 11 is 0. The van der Waals surface area contributed by atoms with E-state index in [1.807, 2.05) is 54.6 Å². The SMILES string of the molecule is COc1ccc(-c2cc(C(=O)NN=Cc3cccnc3)c3ccccc3n2)cc1. The van der Waals surface area contributed by atoms with Crippen LogP contribution in [-0.4, -0.2) is 29.2 Å². The molecule has 1 N–H and O–H groups in total. The molecule has 0 aliphatic carbocycles. The van der Waals surface area contributed by atoms with Gasteiger partial charge in [-0.3, -0.25) is 9.78 Å². The second-order valence-corrected chi connectivity index (χ2v) is 6.29. The lowest BCUT2D eigenvalue weighted by Crippen LogP contribution is -2.18. The molecular formula is C23H18N4O2. The smallest absolute Gasteiger partial charge is 0.272 e. The van der Waals surface area contributed by atoms with Crippen LogP contribution in [0.5, 0.6) is 5.75 Å². The molecule has 0 radical (unpaired) electrons. The van der Waals surface area contributed by atoms with E-state index in [-0.39, 0.29) is 5.91 Å². The number of hydrogen-bond acceptors (Lipinski definition) is 5. The summed E-state index contributed by atoms with van der Waals surface area (Å²) in [5, 5.41) is 4.81. The predicted molar refractivity (Wildman–Crippen MR) is 113 cm³/mol. The Morgan fingerprint density at radius 2 is 1.90 bits per heavy atom. The summed E-state index contributed by atoms with van der Waals surface area (Å²) in [6, 6.07) is 20.5. The van der Waals surface area contributed by atoms with Crippen molar-refractivity contribution in [1.29, 1.82) is 0 Å². The second kappa shape index (κ2) is 8.31. The Labute approximate surface area is 167 Å². The van der Waals surface area contributed by atoms with Crippen LogP contribution in [-0.2, 0) is 0 Å². The standard InChI is InChI=1S/C23H18N4O2/c1-29-18-10-8-17(9-11-18)22-13-20(19-6-2-3-7-21(19)26-22)23(28)27-25-15-16-5-4-12-24-14-16/h2-15H,1H3,(H,27,28). The van der Waals surface area contributed by atoms with Crippen LogP contribution in [0.1, 0.15) is 15.9 Å². The normalized spacial score (nSPS) is 10.9. The van der Waals surface area contributed by atoms with Crippen molar-refractivity contribution in [1.82, 2.24) is 15.4 Å². The highest BCUT2D eigenvalue weighted by molar-refractivity contribution is 6.07. The summed E-state index contributed by atoms with van der Waals surface area (Å²) in [5.74, 6) is 0.454. The first kappa shape index (κ1) is 18.3. The Morgan fingerprint density at radius 3 is 2.66 bits per heavy atom. The Hall–Kier alpha value is -4.06. The molecule has 142 valence electrons. The molecule has 0 unspecified atom stereocenters. The minimum absolute atomic E-state index is 0.307. The molecule has 1 amide bonds. The van der Waals surface area contributed by atoms with E-state index < -0.39 is 0 Å². The van der Waals surface area contributed by atoms with Crippen molar-refractivity contribution >= 4 is 23.0 Å². The number of ether oxygens (including phenoxy) is 1. The lowest BCUT2D eigenvalue weighted by atomic mass is 10.0. The van der Waals surface area contributed by atoms with Crippen molar-refractivity contribution in [3.05, 3.63) is 90.3 Å². The van der Waals surface area contributed by atoms with Gasteiger partial charge in [0.1, 0.15) is 5.75 Å². The number of aromatic nitrogens is 2. The highest BCUT2D eigenvalue weighted by Crippen LogP contribution is 2.26. The maximum Gasteiger partial charge on any atom is 0.272 e. The molecule has 0 saturated carbocycles. The summed E-state index contributed by atoms with van der Waals surface area (Å²) in [7, 11) is 1.62. The van der Waals surface area contributed by atoms with Gasteiger partial charge in [0, 0.05) is 28.9 Å². The highest BCUT2D eigenvalue weighted by atomic mass is 16.5. The van der Waals surface area contributed by atoms with Gasteiger partial charge in [-0.1, -0.05) is 24.3 Å². The molecule has 6 nitrogen and oxygen atoms in total. The average molecular weight is 382 g/mol. The van der Waals surface area contributed by atoms with Gasteiger partial charge in [-0.15, -0.1) is 0 Å². The molecular weight excluding hydrogens is 364 g/mol. The maximum atomic E-state index is 12.8. The molecule has 0 fully saturated rings. The number of hydrazone groups is 1. The zero-order chi connectivity index (χ0) is 20.1. The largest absolute Gasteiger partial charge is 0.497 e. The number of methoxy groups -OCH3 is 1. The van der Waals surface area contributed by atoms with Crippen molar-refractivity contribution < 1.29 is 9.53 Å². The maximum absolute atomic E-state index is 12.8. The highest BCUT2D eigenvalue weighted by Gasteiger charge is 2.13. The van der Waals surface area contributed by atoms with Crippen molar-refractivity contribution in [3.63, 3.8) is 0 Å². The quantitative estimate of drug-likeness (QED) is 0.417. The van der Waals surface area contributed by atoms with Crippen LogP contribution in [0.3, 0.4) is 0 Å². The van der Waals surface area contributed by atoms with Crippen molar-refractivity contribution in [2.45, 2.75) is 0 Å². The monoisotopic (exact) mass is 382 g/mol. The van der Waals surface area contributed by atoms with E-state index in [0.717, 1.165) is 27.8 Å². The van der Waals surface area contributed by atoms with Crippen molar-refractivity contribution in [3.8, 4) is 17.0 Å². The van der Waals surface area contributed by atoms with Crippen LogP contribution >= 0.6 is 0 Å². The Kier molecular flexibility index (Phi) is 5.25. The molecule has 4 aromatic rings. The molecule has 0 saturated heterocycles. The van der Waals surface area contributed by atoms with E-state index in [9.17, 15) is 4.79 Å². The molecule has 29 heavy (non-hydrogen) atoms. The molecule has 0 bridgehead atoms. The zero-order valence-electron chi connectivity index (χ0n) is 15.7. The van der Waals surface area contributed by atoms with Gasteiger partial charge in [-0.05, 0) is 42.5 Å². The lowest BCUT2D eigenvalue weighted by molar-refractivity contribution is 0.0956. The Balaban J connectivity index is 1.68. The second-order valence-electron chi connectivity index (χ2n) is 6.29. The van der Waals surface area contributed by atoms with E-state index >= 15 is 0 Å². The number of hydrogen-bond donors (Lipinski definition) is 1. The molecule has 0 aliphatic heterocycles. The van der Waals surface area contributed by atoms with E-state index in [0.29, 0.717) is 11.3 Å². The van der Waals surface area contributed by atoms with E-state index in [2.05, 4.69) is 15.5 Å². The van der Waals surface area contributed by atoms with Crippen LogP contribution in [0.2, 0.25) is 0 Å². The van der Waals surface area contributed by atoms with E-state index in [4.69, 9.17) is 9.72 Å². The first-order valence-electron chi connectivity index (χ1n) is 9.02.